The summed E-state index contributed by atoms with van der Waals surface area (Å²) in [4.78, 5) is 4.90. The third kappa shape index (κ3) is 4.18. The largest absolute Gasteiger partial charge is 0.497 e. The lowest BCUT2D eigenvalue weighted by Gasteiger charge is -2.12. The number of hydrogen-bond acceptors (Lipinski definition) is 3. The number of ether oxygens (including phenoxy) is 2. The van der Waals surface area contributed by atoms with E-state index >= 15 is 0 Å². The van der Waals surface area contributed by atoms with Crippen molar-refractivity contribution < 1.29 is 9.47 Å². The lowest BCUT2D eigenvalue weighted by Crippen LogP contribution is -2.05. The second kappa shape index (κ2) is 9.04. The van der Waals surface area contributed by atoms with E-state index in [4.69, 9.17) is 14.5 Å². The van der Waals surface area contributed by atoms with Crippen molar-refractivity contribution in [3.05, 3.63) is 77.9 Å². The molecular weight excluding hydrogens is 372 g/mol. The van der Waals surface area contributed by atoms with Crippen LogP contribution in [0.25, 0.3) is 22.4 Å². The van der Waals surface area contributed by atoms with Crippen molar-refractivity contribution >= 4 is 11.0 Å². The molecular formula is C26H28N2O2. The first-order valence-electron chi connectivity index (χ1n) is 10.5. The highest BCUT2D eigenvalue weighted by Crippen LogP contribution is 2.28. The lowest BCUT2D eigenvalue weighted by atomic mass is 10.1. The number of nitrogens with zero attached hydrogens (tertiary/aromatic N) is 2. The third-order valence-corrected chi connectivity index (χ3v) is 5.57. The van der Waals surface area contributed by atoms with Gasteiger partial charge in [-0.15, -0.1) is 0 Å². The SMILES string of the molecule is COc1cccc(-c2nc3ccccc3n2CCCCOc2cccc(C)c2C)c1. The van der Waals surface area contributed by atoms with E-state index in [1.165, 1.54) is 11.1 Å². The van der Waals surface area contributed by atoms with Crippen LogP contribution in [0.15, 0.2) is 66.7 Å². The van der Waals surface area contributed by atoms with Crippen LogP contribution in [0.2, 0.25) is 0 Å². The highest BCUT2D eigenvalue weighted by Gasteiger charge is 2.13. The van der Waals surface area contributed by atoms with E-state index in [2.05, 4.69) is 54.8 Å². The number of unbranched alkanes of at least 4 members (excludes halogenated alkanes) is 1. The molecule has 0 saturated heterocycles. The average Bonchev–Trinajstić information content (AvgIpc) is 3.15. The van der Waals surface area contributed by atoms with Crippen molar-refractivity contribution in [2.24, 2.45) is 0 Å². The zero-order valence-corrected chi connectivity index (χ0v) is 17.9. The van der Waals surface area contributed by atoms with E-state index in [0.29, 0.717) is 6.61 Å². The van der Waals surface area contributed by atoms with Crippen molar-refractivity contribution in [1.29, 1.82) is 0 Å². The van der Waals surface area contributed by atoms with Gasteiger partial charge in [-0.2, -0.15) is 0 Å². The molecule has 30 heavy (non-hydrogen) atoms. The van der Waals surface area contributed by atoms with Gasteiger partial charge in [-0.3, -0.25) is 0 Å². The molecule has 1 heterocycles. The Morgan fingerprint density at radius 1 is 0.900 bits per heavy atom. The summed E-state index contributed by atoms with van der Waals surface area (Å²) in [5.74, 6) is 2.80. The Kier molecular flexibility index (Phi) is 6.03. The second-order valence-corrected chi connectivity index (χ2v) is 7.56. The summed E-state index contributed by atoms with van der Waals surface area (Å²) in [5.41, 5.74) is 5.73. The standard InChI is InChI=1S/C26H28N2O2/c1-19-10-8-15-25(20(19)2)30-17-7-6-16-28-24-14-5-4-13-23(24)27-26(28)21-11-9-12-22(18-21)29-3/h4-5,8-15,18H,6-7,16-17H2,1-3H3. The Labute approximate surface area is 178 Å². The summed E-state index contributed by atoms with van der Waals surface area (Å²) < 4.78 is 13.7. The zero-order valence-electron chi connectivity index (χ0n) is 17.9. The van der Waals surface area contributed by atoms with E-state index in [0.717, 1.165) is 53.3 Å². The van der Waals surface area contributed by atoms with E-state index in [-0.39, 0.29) is 0 Å². The summed E-state index contributed by atoms with van der Waals surface area (Å²) in [6, 6.07) is 22.6. The van der Waals surface area contributed by atoms with Crippen LogP contribution in [0.4, 0.5) is 0 Å². The highest BCUT2D eigenvalue weighted by molar-refractivity contribution is 5.80. The smallest absolute Gasteiger partial charge is 0.141 e. The molecule has 4 aromatic rings. The van der Waals surface area contributed by atoms with Gasteiger partial charge in [0.2, 0.25) is 0 Å². The normalized spacial score (nSPS) is 11.0. The molecule has 1 aromatic heterocycles. The summed E-state index contributed by atoms with van der Waals surface area (Å²) in [6.45, 7) is 5.84. The molecule has 0 N–H and O–H groups in total. The summed E-state index contributed by atoms with van der Waals surface area (Å²) in [6.07, 6.45) is 2.00. The van der Waals surface area contributed by atoms with Crippen LogP contribution in [-0.2, 0) is 6.54 Å². The van der Waals surface area contributed by atoms with Crippen LogP contribution in [0, 0.1) is 13.8 Å². The predicted octanol–water partition coefficient (Wildman–Crippen LogP) is 6.19. The van der Waals surface area contributed by atoms with E-state index in [9.17, 15) is 0 Å². The number of fused-ring (bicyclic) bond motifs is 1. The van der Waals surface area contributed by atoms with Gasteiger partial charge >= 0.3 is 0 Å². The van der Waals surface area contributed by atoms with Crippen molar-refractivity contribution in [3.63, 3.8) is 0 Å². The van der Waals surface area contributed by atoms with Gasteiger partial charge in [0.05, 0.1) is 24.8 Å². The minimum absolute atomic E-state index is 0.714. The van der Waals surface area contributed by atoms with E-state index in [1.54, 1.807) is 7.11 Å². The fourth-order valence-corrected chi connectivity index (χ4v) is 3.72. The van der Waals surface area contributed by atoms with Crippen molar-refractivity contribution in [1.82, 2.24) is 9.55 Å². The number of rotatable bonds is 8. The van der Waals surface area contributed by atoms with E-state index in [1.807, 2.05) is 30.3 Å². The minimum Gasteiger partial charge on any atom is -0.497 e. The zero-order chi connectivity index (χ0) is 20.9. The maximum Gasteiger partial charge on any atom is 0.141 e. The highest BCUT2D eigenvalue weighted by atomic mass is 16.5. The van der Waals surface area contributed by atoms with Crippen LogP contribution in [0.5, 0.6) is 11.5 Å². The number of benzene rings is 3. The molecule has 0 bridgehead atoms. The maximum absolute atomic E-state index is 6.03. The molecule has 0 aliphatic heterocycles. The molecule has 0 aliphatic rings. The Morgan fingerprint density at radius 3 is 2.60 bits per heavy atom. The Morgan fingerprint density at radius 2 is 1.73 bits per heavy atom. The first-order valence-corrected chi connectivity index (χ1v) is 10.5. The first-order chi connectivity index (χ1) is 14.7. The summed E-state index contributed by atoms with van der Waals surface area (Å²) >= 11 is 0. The number of methoxy groups -OCH3 is 1. The third-order valence-electron chi connectivity index (χ3n) is 5.57. The predicted molar refractivity (Wildman–Crippen MR) is 122 cm³/mol. The molecule has 0 aliphatic carbocycles. The van der Waals surface area contributed by atoms with Gasteiger partial charge in [0, 0.05) is 12.1 Å². The van der Waals surface area contributed by atoms with Crippen LogP contribution >= 0.6 is 0 Å². The number of imidazole rings is 1. The fraction of sp³-hybridized carbons (Fsp3) is 0.269. The van der Waals surface area contributed by atoms with Gasteiger partial charge in [-0.25, -0.2) is 4.98 Å². The van der Waals surface area contributed by atoms with Crippen molar-refractivity contribution in [2.75, 3.05) is 13.7 Å². The lowest BCUT2D eigenvalue weighted by molar-refractivity contribution is 0.301. The summed E-state index contributed by atoms with van der Waals surface area (Å²) in [7, 11) is 1.69. The molecule has 0 radical (unpaired) electrons. The average molecular weight is 401 g/mol. The number of aryl methyl sites for hydroxylation is 2. The molecule has 154 valence electrons. The molecule has 0 amide bonds. The Hall–Kier alpha value is -3.27. The number of aromatic nitrogens is 2. The van der Waals surface area contributed by atoms with Gasteiger partial charge in [0.1, 0.15) is 17.3 Å². The fourth-order valence-electron chi connectivity index (χ4n) is 3.72. The molecule has 0 spiro atoms. The van der Waals surface area contributed by atoms with Gasteiger partial charge in [-0.05, 0) is 68.1 Å². The van der Waals surface area contributed by atoms with Crippen LogP contribution in [0.3, 0.4) is 0 Å². The molecule has 3 aromatic carbocycles. The van der Waals surface area contributed by atoms with Gasteiger partial charge < -0.3 is 14.0 Å². The number of para-hydroxylation sites is 2. The Bertz CT molecular complexity index is 1150. The summed E-state index contributed by atoms with van der Waals surface area (Å²) in [5, 5.41) is 0. The van der Waals surface area contributed by atoms with E-state index < -0.39 is 0 Å². The molecule has 0 unspecified atom stereocenters. The van der Waals surface area contributed by atoms with Gasteiger partial charge in [0.25, 0.3) is 0 Å². The quantitative estimate of drug-likeness (QED) is 0.331. The molecule has 4 heteroatoms. The first kappa shape index (κ1) is 20.0. The number of hydrogen-bond donors (Lipinski definition) is 0. The molecule has 0 fully saturated rings. The minimum atomic E-state index is 0.714. The van der Waals surface area contributed by atoms with Crippen LogP contribution in [0.1, 0.15) is 24.0 Å². The molecule has 4 rings (SSSR count). The molecule has 0 saturated carbocycles. The Balaban J connectivity index is 1.48. The van der Waals surface area contributed by atoms with Gasteiger partial charge in [-0.1, -0.05) is 36.4 Å². The second-order valence-electron chi connectivity index (χ2n) is 7.56. The van der Waals surface area contributed by atoms with Gasteiger partial charge in [0.15, 0.2) is 0 Å². The maximum atomic E-state index is 6.03. The monoisotopic (exact) mass is 400 g/mol. The van der Waals surface area contributed by atoms with Crippen LogP contribution in [-0.4, -0.2) is 23.3 Å². The van der Waals surface area contributed by atoms with Crippen LogP contribution < -0.4 is 9.47 Å². The topological polar surface area (TPSA) is 36.3 Å². The molecule has 4 nitrogen and oxygen atoms in total. The van der Waals surface area contributed by atoms with Crippen molar-refractivity contribution in [2.45, 2.75) is 33.2 Å². The van der Waals surface area contributed by atoms with Crippen molar-refractivity contribution in [3.8, 4) is 22.9 Å². The molecule has 0 atom stereocenters.